The summed E-state index contributed by atoms with van der Waals surface area (Å²) in [7, 11) is 0. The van der Waals surface area contributed by atoms with Crippen LogP contribution >= 0.6 is 11.3 Å². The van der Waals surface area contributed by atoms with Gasteiger partial charge in [0, 0.05) is 30.0 Å². The second kappa shape index (κ2) is 6.71. The van der Waals surface area contributed by atoms with Gasteiger partial charge in [-0.1, -0.05) is 58.9 Å². The van der Waals surface area contributed by atoms with Gasteiger partial charge >= 0.3 is 0 Å². The molecule has 0 aliphatic rings. The molecule has 2 nitrogen and oxygen atoms in total. The SMILES string of the molecule is CC(C)NCCc1nc(-c2ccc(C(C)(C)C)cc2)cs1. The Morgan fingerprint density at radius 3 is 2.38 bits per heavy atom. The first-order valence-electron chi connectivity index (χ1n) is 7.65. The maximum Gasteiger partial charge on any atom is 0.0945 e. The van der Waals surface area contributed by atoms with Gasteiger partial charge in [0.15, 0.2) is 0 Å². The zero-order valence-corrected chi connectivity index (χ0v) is 14.6. The molecule has 1 N–H and O–H groups in total. The number of nitrogens with zero attached hydrogens (tertiary/aromatic N) is 1. The summed E-state index contributed by atoms with van der Waals surface area (Å²) >= 11 is 1.75. The van der Waals surface area contributed by atoms with E-state index in [9.17, 15) is 0 Å². The number of thiazole rings is 1. The van der Waals surface area contributed by atoms with Gasteiger partial charge < -0.3 is 5.32 Å². The molecule has 1 aromatic carbocycles. The van der Waals surface area contributed by atoms with E-state index in [-0.39, 0.29) is 5.41 Å². The molecule has 0 atom stereocenters. The Kier molecular flexibility index (Phi) is 5.17. The van der Waals surface area contributed by atoms with E-state index < -0.39 is 0 Å². The minimum atomic E-state index is 0.203. The highest BCUT2D eigenvalue weighted by Crippen LogP contribution is 2.27. The Balaban J connectivity index is 2.04. The van der Waals surface area contributed by atoms with E-state index in [1.165, 1.54) is 16.1 Å². The fraction of sp³-hybridized carbons (Fsp3) is 0.500. The van der Waals surface area contributed by atoms with Crippen molar-refractivity contribution in [3.63, 3.8) is 0 Å². The van der Waals surface area contributed by atoms with Crippen LogP contribution in [0.25, 0.3) is 11.3 Å². The van der Waals surface area contributed by atoms with Gasteiger partial charge in [-0.25, -0.2) is 4.98 Å². The normalized spacial score (nSPS) is 12.1. The van der Waals surface area contributed by atoms with Crippen molar-refractivity contribution in [2.24, 2.45) is 0 Å². The van der Waals surface area contributed by atoms with Crippen LogP contribution in [0.1, 0.15) is 45.2 Å². The molecule has 0 unspecified atom stereocenters. The van der Waals surface area contributed by atoms with Crippen LogP contribution in [0.15, 0.2) is 29.6 Å². The van der Waals surface area contributed by atoms with Gasteiger partial charge in [-0.2, -0.15) is 0 Å². The molecule has 0 aliphatic carbocycles. The fourth-order valence-electron chi connectivity index (χ4n) is 2.17. The fourth-order valence-corrected chi connectivity index (χ4v) is 2.97. The summed E-state index contributed by atoms with van der Waals surface area (Å²) in [5.74, 6) is 0. The largest absolute Gasteiger partial charge is 0.314 e. The van der Waals surface area contributed by atoms with E-state index in [0.29, 0.717) is 6.04 Å². The maximum atomic E-state index is 4.75. The van der Waals surface area contributed by atoms with Crippen LogP contribution in [0, 0.1) is 0 Å². The van der Waals surface area contributed by atoms with Crippen molar-refractivity contribution < 1.29 is 0 Å². The van der Waals surface area contributed by atoms with Gasteiger partial charge in [0.05, 0.1) is 10.7 Å². The zero-order chi connectivity index (χ0) is 15.5. The van der Waals surface area contributed by atoms with Crippen molar-refractivity contribution in [3.05, 3.63) is 40.2 Å². The van der Waals surface area contributed by atoms with Crippen molar-refractivity contribution in [1.29, 1.82) is 0 Å². The summed E-state index contributed by atoms with van der Waals surface area (Å²) in [6.45, 7) is 12.1. The molecule has 114 valence electrons. The Hall–Kier alpha value is -1.19. The van der Waals surface area contributed by atoms with Crippen molar-refractivity contribution >= 4 is 11.3 Å². The minimum Gasteiger partial charge on any atom is -0.314 e. The highest BCUT2D eigenvalue weighted by Gasteiger charge is 2.13. The topological polar surface area (TPSA) is 24.9 Å². The smallest absolute Gasteiger partial charge is 0.0945 e. The number of aromatic nitrogens is 1. The molecular weight excluding hydrogens is 276 g/mol. The van der Waals surface area contributed by atoms with Crippen LogP contribution < -0.4 is 5.32 Å². The average Bonchev–Trinajstić information content (AvgIpc) is 2.86. The zero-order valence-electron chi connectivity index (χ0n) is 13.7. The molecule has 0 saturated heterocycles. The third-order valence-electron chi connectivity index (χ3n) is 3.49. The quantitative estimate of drug-likeness (QED) is 0.869. The molecule has 1 aromatic heterocycles. The Bertz CT molecular complexity index is 562. The lowest BCUT2D eigenvalue weighted by Gasteiger charge is -2.18. The van der Waals surface area contributed by atoms with E-state index in [4.69, 9.17) is 4.98 Å². The number of hydrogen-bond acceptors (Lipinski definition) is 3. The minimum absolute atomic E-state index is 0.203. The van der Waals surface area contributed by atoms with Gasteiger partial charge in [-0.05, 0) is 11.0 Å². The summed E-state index contributed by atoms with van der Waals surface area (Å²) < 4.78 is 0. The molecule has 1 heterocycles. The van der Waals surface area contributed by atoms with E-state index in [1.807, 2.05) is 0 Å². The maximum absolute atomic E-state index is 4.75. The lowest BCUT2D eigenvalue weighted by Crippen LogP contribution is -2.24. The van der Waals surface area contributed by atoms with Gasteiger partial charge in [0.1, 0.15) is 0 Å². The first-order valence-corrected chi connectivity index (χ1v) is 8.53. The summed E-state index contributed by atoms with van der Waals surface area (Å²) in [4.78, 5) is 4.75. The number of hydrogen-bond donors (Lipinski definition) is 1. The van der Waals surface area contributed by atoms with Crippen LogP contribution in [-0.2, 0) is 11.8 Å². The molecule has 0 fully saturated rings. The number of benzene rings is 1. The lowest BCUT2D eigenvalue weighted by atomic mass is 9.86. The van der Waals surface area contributed by atoms with Gasteiger partial charge in [-0.3, -0.25) is 0 Å². The van der Waals surface area contributed by atoms with Gasteiger partial charge in [-0.15, -0.1) is 11.3 Å². The molecule has 2 rings (SSSR count). The average molecular weight is 302 g/mol. The van der Waals surface area contributed by atoms with Gasteiger partial charge in [0.2, 0.25) is 0 Å². The van der Waals surface area contributed by atoms with Crippen molar-refractivity contribution in [3.8, 4) is 11.3 Å². The number of nitrogens with one attached hydrogen (secondary N) is 1. The monoisotopic (exact) mass is 302 g/mol. The van der Waals surface area contributed by atoms with Gasteiger partial charge in [0.25, 0.3) is 0 Å². The predicted octanol–water partition coefficient (Wildman–Crippen LogP) is 4.65. The summed E-state index contributed by atoms with van der Waals surface area (Å²) in [5.41, 5.74) is 3.87. The van der Waals surface area contributed by atoms with Crippen LogP contribution in [0.2, 0.25) is 0 Å². The van der Waals surface area contributed by atoms with Crippen LogP contribution in [0.5, 0.6) is 0 Å². The molecule has 3 heteroatoms. The molecular formula is C18H26N2S. The first kappa shape index (κ1) is 16.2. The molecule has 0 radical (unpaired) electrons. The Morgan fingerprint density at radius 2 is 1.81 bits per heavy atom. The van der Waals surface area contributed by atoms with Crippen molar-refractivity contribution in [2.45, 2.75) is 52.5 Å². The molecule has 0 aliphatic heterocycles. The van der Waals surface area contributed by atoms with Crippen LogP contribution in [-0.4, -0.2) is 17.6 Å². The third-order valence-corrected chi connectivity index (χ3v) is 4.40. The number of rotatable bonds is 5. The Labute approximate surface area is 132 Å². The van der Waals surface area contributed by atoms with Crippen molar-refractivity contribution in [2.75, 3.05) is 6.54 Å². The molecule has 0 saturated carbocycles. The van der Waals surface area contributed by atoms with Crippen molar-refractivity contribution in [1.82, 2.24) is 10.3 Å². The molecule has 0 amide bonds. The molecule has 0 bridgehead atoms. The highest BCUT2D eigenvalue weighted by molar-refractivity contribution is 7.09. The van der Waals surface area contributed by atoms with E-state index >= 15 is 0 Å². The molecule has 0 spiro atoms. The molecule has 21 heavy (non-hydrogen) atoms. The highest BCUT2D eigenvalue weighted by atomic mass is 32.1. The second-order valence-electron chi connectivity index (χ2n) is 6.81. The lowest BCUT2D eigenvalue weighted by molar-refractivity contribution is 0.589. The predicted molar refractivity (Wildman–Crippen MR) is 93.1 cm³/mol. The Morgan fingerprint density at radius 1 is 1.14 bits per heavy atom. The van der Waals surface area contributed by atoms with Crippen LogP contribution in [0.3, 0.4) is 0 Å². The summed E-state index contributed by atoms with van der Waals surface area (Å²) in [6, 6.07) is 9.34. The first-order chi connectivity index (χ1) is 9.86. The molecule has 2 aromatic rings. The van der Waals surface area contributed by atoms with Crippen LogP contribution in [0.4, 0.5) is 0 Å². The summed E-state index contributed by atoms with van der Waals surface area (Å²) in [6.07, 6.45) is 1.00. The summed E-state index contributed by atoms with van der Waals surface area (Å²) in [5, 5.41) is 6.80. The standard InChI is InChI=1S/C18H26N2S/c1-13(2)19-11-10-17-20-16(12-21-17)14-6-8-15(9-7-14)18(3,4)5/h6-9,12-13,19H,10-11H2,1-5H3. The van der Waals surface area contributed by atoms with E-state index in [1.54, 1.807) is 11.3 Å². The van der Waals surface area contributed by atoms with E-state index in [2.05, 4.69) is 69.6 Å². The second-order valence-corrected chi connectivity index (χ2v) is 7.76. The third kappa shape index (κ3) is 4.65. The van der Waals surface area contributed by atoms with E-state index in [0.717, 1.165) is 18.7 Å².